The van der Waals surface area contributed by atoms with Crippen LogP contribution < -0.4 is 0 Å². The highest BCUT2D eigenvalue weighted by molar-refractivity contribution is 6.59. The molecule has 0 radical (unpaired) electrons. The predicted octanol–water partition coefficient (Wildman–Crippen LogP) is -1.37. The molecule has 0 heterocycles. The fourth-order valence-electron chi connectivity index (χ4n) is 0.0962. The van der Waals surface area contributed by atoms with E-state index in [0.717, 1.165) is 21.0 Å². The lowest BCUT2D eigenvalue weighted by molar-refractivity contribution is 0.647. The monoisotopic (exact) mass is 224 g/mol. The molecule has 0 aliphatic heterocycles. The average Bonchev–Trinajstić information content (AvgIpc) is 2.04. The molecule has 6 heteroatoms. The Labute approximate surface area is 79.5 Å². The Balaban J connectivity index is 0. The van der Waals surface area contributed by atoms with Crippen molar-refractivity contribution in [3.05, 3.63) is 12.3 Å². The molecule has 0 aliphatic carbocycles. The fourth-order valence-corrected chi connectivity index (χ4v) is 0.866. The van der Waals surface area contributed by atoms with Crippen molar-refractivity contribution in [2.24, 2.45) is 0 Å². The minimum Gasteiger partial charge on any atom is -0.466 e. The molecular formula is C5H20O2Si4. The van der Waals surface area contributed by atoms with Gasteiger partial charge in [-0.25, -0.2) is 0 Å². The molecule has 0 aliphatic rings. The maximum absolute atomic E-state index is 5.06. The van der Waals surface area contributed by atoms with Crippen molar-refractivity contribution in [3.8, 4) is 0 Å². The van der Waals surface area contributed by atoms with Crippen molar-refractivity contribution >= 4 is 39.1 Å². The van der Waals surface area contributed by atoms with E-state index >= 15 is 0 Å². The Morgan fingerprint density at radius 1 is 1.18 bits per heavy atom. The second kappa shape index (κ2) is 10.5. The summed E-state index contributed by atoms with van der Waals surface area (Å²) in [5.41, 5.74) is 1.92. The SMILES string of the molecule is C=C[SiH](C)O[SiH3].C[SiH](C)O[SiH3]. The highest BCUT2D eigenvalue weighted by Gasteiger charge is 1.87. The minimum absolute atomic E-state index is 0.588. The van der Waals surface area contributed by atoms with E-state index in [-0.39, 0.29) is 0 Å². The molecule has 0 spiro atoms. The number of hydrogen-bond acceptors (Lipinski definition) is 2. The molecule has 0 aromatic rings. The third-order valence-electron chi connectivity index (χ3n) is 1.18. The zero-order chi connectivity index (χ0) is 9.28. The molecule has 1 unspecified atom stereocenters. The van der Waals surface area contributed by atoms with Gasteiger partial charge in [-0.2, -0.15) is 0 Å². The molecule has 68 valence electrons. The molecule has 0 bridgehead atoms. The molecule has 0 saturated carbocycles. The third kappa shape index (κ3) is 18.0. The molecular weight excluding hydrogens is 204 g/mol. The van der Waals surface area contributed by atoms with Crippen molar-refractivity contribution in [2.75, 3.05) is 0 Å². The quantitative estimate of drug-likeness (QED) is 0.551. The van der Waals surface area contributed by atoms with E-state index in [2.05, 4.69) is 26.2 Å². The predicted molar refractivity (Wildman–Crippen MR) is 64.1 cm³/mol. The van der Waals surface area contributed by atoms with E-state index < -0.39 is 18.1 Å². The lowest BCUT2D eigenvalue weighted by atomic mass is 11.3. The first kappa shape index (κ1) is 14.1. The molecule has 0 fully saturated rings. The summed E-state index contributed by atoms with van der Waals surface area (Å²) in [4.78, 5) is 0. The van der Waals surface area contributed by atoms with E-state index in [1.807, 2.05) is 5.70 Å². The van der Waals surface area contributed by atoms with Crippen molar-refractivity contribution in [1.82, 2.24) is 0 Å². The smallest absolute Gasteiger partial charge is 0.183 e. The highest BCUT2D eigenvalue weighted by Crippen LogP contribution is 1.77. The van der Waals surface area contributed by atoms with Crippen molar-refractivity contribution < 1.29 is 8.23 Å². The van der Waals surface area contributed by atoms with Crippen LogP contribution in [0.2, 0.25) is 19.6 Å². The van der Waals surface area contributed by atoms with E-state index in [0.29, 0.717) is 0 Å². The van der Waals surface area contributed by atoms with Gasteiger partial charge < -0.3 is 8.23 Å². The van der Waals surface area contributed by atoms with Crippen molar-refractivity contribution in [2.45, 2.75) is 19.6 Å². The Morgan fingerprint density at radius 3 is 1.55 bits per heavy atom. The van der Waals surface area contributed by atoms with Gasteiger partial charge in [0.15, 0.2) is 18.1 Å². The number of hydrogen-bond donors (Lipinski definition) is 0. The van der Waals surface area contributed by atoms with E-state index in [1.54, 1.807) is 0 Å². The van der Waals surface area contributed by atoms with Gasteiger partial charge in [-0.1, -0.05) is 5.70 Å². The first-order chi connectivity index (χ1) is 5.08. The van der Waals surface area contributed by atoms with Crippen molar-refractivity contribution in [3.63, 3.8) is 0 Å². The molecule has 0 saturated heterocycles. The fraction of sp³-hybridized carbons (Fsp3) is 0.600. The zero-order valence-electron chi connectivity index (χ0n) is 8.26. The van der Waals surface area contributed by atoms with Crippen LogP contribution in [-0.4, -0.2) is 39.1 Å². The summed E-state index contributed by atoms with van der Waals surface area (Å²) in [6.07, 6.45) is 0. The summed E-state index contributed by atoms with van der Waals surface area (Å²) in [5.74, 6) is 0. The molecule has 0 N–H and O–H groups in total. The minimum atomic E-state index is -0.835. The molecule has 0 aromatic carbocycles. The standard InChI is InChI=1S/C3H10OSi2.C2H10OSi2/c1-3-6(2)4-5;1-5(2)3-4/h3,6H,1H2,2,5H3;5H,1-2,4H3. The summed E-state index contributed by atoms with van der Waals surface area (Å²) in [6.45, 7) is 10.0. The third-order valence-corrected chi connectivity index (χ3v) is 8.58. The van der Waals surface area contributed by atoms with Crippen LogP contribution in [0.3, 0.4) is 0 Å². The van der Waals surface area contributed by atoms with Crippen LogP contribution in [0.5, 0.6) is 0 Å². The molecule has 11 heavy (non-hydrogen) atoms. The largest absolute Gasteiger partial charge is 0.466 e. The summed E-state index contributed by atoms with van der Waals surface area (Å²) in [7, 11) is 0.385. The Hall–Kier alpha value is 0.528. The first-order valence-corrected chi connectivity index (χ1v) is 10.5. The molecule has 0 aromatic heterocycles. The van der Waals surface area contributed by atoms with E-state index in [4.69, 9.17) is 8.23 Å². The van der Waals surface area contributed by atoms with Crippen molar-refractivity contribution in [1.29, 1.82) is 0 Å². The molecule has 1 atom stereocenters. The Morgan fingerprint density at radius 2 is 1.55 bits per heavy atom. The lowest BCUT2D eigenvalue weighted by Gasteiger charge is -1.95. The highest BCUT2D eigenvalue weighted by atomic mass is 28.3. The Kier molecular flexibility index (Phi) is 13.5. The zero-order valence-corrected chi connectivity index (χ0v) is 14.6. The second-order valence-electron chi connectivity index (χ2n) is 2.46. The topological polar surface area (TPSA) is 18.5 Å². The van der Waals surface area contributed by atoms with Crippen LogP contribution in [0, 0.1) is 0 Å². The van der Waals surface area contributed by atoms with Gasteiger partial charge >= 0.3 is 0 Å². The normalized spacial score (nSPS) is 12.4. The van der Waals surface area contributed by atoms with Gasteiger partial charge in [0.1, 0.15) is 21.0 Å². The summed E-state index contributed by atoms with van der Waals surface area (Å²) >= 11 is 0. The van der Waals surface area contributed by atoms with Crippen LogP contribution in [-0.2, 0) is 8.23 Å². The van der Waals surface area contributed by atoms with Gasteiger partial charge in [0, 0.05) is 0 Å². The van der Waals surface area contributed by atoms with Gasteiger partial charge in [0.25, 0.3) is 0 Å². The maximum Gasteiger partial charge on any atom is 0.183 e. The summed E-state index contributed by atoms with van der Waals surface area (Å²) in [6, 6.07) is 0. The molecule has 0 rings (SSSR count). The van der Waals surface area contributed by atoms with Gasteiger partial charge in [-0.15, -0.1) is 6.58 Å². The van der Waals surface area contributed by atoms with Gasteiger partial charge in [0.05, 0.1) is 0 Å². The van der Waals surface area contributed by atoms with Crippen LogP contribution in [0.4, 0.5) is 0 Å². The maximum atomic E-state index is 5.06. The van der Waals surface area contributed by atoms with Crippen LogP contribution in [0.1, 0.15) is 0 Å². The van der Waals surface area contributed by atoms with Gasteiger partial charge in [0.2, 0.25) is 0 Å². The average molecular weight is 225 g/mol. The first-order valence-electron chi connectivity index (χ1n) is 3.76. The van der Waals surface area contributed by atoms with Crippen LogP contribution >= 0.6 is 0 Å². The molecule has 0 amide bonds. The van der Waals surface area contributed by atoms with Crippen LogP contribution in [0.15, 0.2) is 12.3 Å². The van der Waals surface area contributed by atoms with E-state index in [1.165, 1.54) is 0 Å². The van der Waals surface area contributed by atoms with Crippen LogP contribution in [0.25, 0.3) is 0 Å². The summed E-state index contributed by atoms with van der Waals surface area (Å²) < 4.78 is 10.1. The Bertz CT molecular complexity index is 88.6. The van der Waals surface area contributed by atoms with Gasteiger partial charge in [-0.05, 0) is 19.6 Å². The molecule has 2 nitrogen and oxygen atoms in total. The van der Waals surface area contributed by atoms with Gasteiger partial charge in [-0.3, -0.25) is 0 Å². The number of rotatable bonds is 3. The summed E-state index contributed by atoms with van der Waals surface area (Å²) in [5, 5.41) is 0. The lowest BCUT2D eigenvalue weighted by Crippen LogP contribution is -2.05. The second-order valence-corrected chi connectivity index (χ2v) is 10.2. The van der Waals surface area contributed by atoms with E-state index in [9.17, 15) is 0 Å².